The topological polar surface area (TPSA) is 130 Å². The van der Waals surface area contributed by atoms with Crippen LogP contribution >= 0.6 is 15.9 Å². The number of benzene rings is 3. The highest BCUT2D eigenvalue weighted by Crippen LogP contribution is 2.19. The Morgan fingerprint density at radius 1 is 0.857 bits per heavy atom. The Morgan fingerprint density at radius 2 is 1.57 bits per heavy atom. The van der Waals surface area contributed by atoms with Gasteiger partial charge in [0.25, 0.3) is 5.91 Å². The van der Waals surface area contributed by atoms with Crippen LogP contribution in [0.5, 0.6) is 0 Å². The normalized spacial score (nSPS) is 10.8. The monoisotopic (exact) mass is 532 g/mol. The van der Waals surface area contributed by atoms with Gasteiger partial charge in [0.05, 0.1) is 28.4 Å². The first-order valence-electron chi connectivity index (χ1n) is 10.2. The predicted octanol–water partition coefficient (Wildman–Crippen LogP) is 3.90. The molecule has 0 spiro atoms. The summed E-state index contributed by atoms with van der Waals surface area (Å²) in [6.07, 6.45) is 2.30. The van der Waals surface area contributed by atoms with Gasteiger partial charge in [-0.15, -0.1) is 0 Å². The van der Waals surface area contributed by atoms with Crippen molar-refractivity contribution >= 4 is 62.2 Å². The smallest absolute Gasteiger partial charge is 0.329 e. The molecule has 0 saturated carbocycles. The summed E-state index contributed by atoms with van der Waals surface area (Å²) < 4.78 is 6.23. The van der Waals surface area contributed by atoms with Gasteiger partial charge < -0.3 is 15.1 Å². The number of hydrogen-bond acceptors (Lipinski definition) is 6. The molecule has 0 fully saturated rings. The minimum absolute atomic E-state index is 0.0966. The van der Waals surface area contributed by atoms with E-state index in [4.69, 9.17) is 4.42 Å². The lowest BCUT2D eigenvalue weighted by molar-refractivity contribution is -0.136. The van der Waals surface area contributed by atoms with Crippen LogP contribution in [-0.4, -0.2) is 23.9 Å². The van der Waals surface area contributed by atoms with Crippen LogP contribution < -0.4 is 21.5 Å². The Morgan fingerprint density at radius 3 is 2.37 bits per heavy atom. The summed E-state index contributed by atoms with van der Waals surface area (Å²) in [5.41, 5.74) is 3.09. The van der Waals surface area contributed by atoms with E-state index < -0.39 is 17.7 Å². The first-order chi connectivity index (χ1) is 16.9. The summed E-state index contributed by atoms with van der Waals surface area (Å²) in [5, 5.41) is 9.15. The molecule has 10 heteroatoms. The molecule has 1 heterocycles. The molecular weight excluding hydrogens is 516 g/mol. The molecule has 0 bridgehead atoms. The molecule has 0 unspecified atom stereocenters. The van der Waals surface area contributed by atoms with E-state index in [0.29, 0.717) is 16.7 Å². The molecular formula is C25H17BrN4O5. The van der Waals surface area contributed by atoms with E-state index >= 15 is 0 Å². The molecule has 0 aliphatic rings. The SMILES string of the molecule is O=C(N/N=C/c1coc2ccccc2c1=O)C(=O)Nc1ccccc1C(=O)Nc1ccc(Br)cc1. The summed E-state index contributed by atoms with van der Waals surface area (Å²) in [6.45, 7) is 0. The molecule has 35 heavy (non-hydrogen) atoms. The molecule has 3 aromatic carbocycles. The van der Waals surface area contributed by atoms with Gasteiger partial charge in [0.15, 0.2) is 0 Å². The number of nitrogens with zero attached hydrogens (tertiary/aromatic N) is 1. The van der Waals surface area contributed by atoms with Gasteiger partial charge in [-0.2, -0.15) is 5.10 Å². The van der Waals surface area contributed by atoms with Crippen molar-refractivity contribution in [2.45, 2.75) is 0 Å². The predicted molar refractivity (Wildman–Crippen MR) is 135 cm³/mol. The third-order valence-corrected chi connectivity index (χ3v) is 5.33. The van der Waals surface area contributed by atoms with Crippen molar-refractivity contribution in [3.8, 4) is 0 Å². The first kappa shape index (κ1) is 23.6. The number of carbonyl (C=O) groups is 3. The third kappa shape index (κ3) is 5.68. The number of rotatable bonds is 5. The quantitative estimate of drug-likeness (QED) is 0.204. The fourth-order valence-corrected chi connectivity index (χ4v) is 3.36. The van der Waals surface area contributed by atoms with Gasteiger partial charge in [-0.3, -0.25) is 19.2 Å². The number of hydrazone groups is 1. The van der Waals surface area contributed by atoms with Crippen LogP contribution in [0.1, 0.15) is 15.9 Å². The van der Waals surface area contributed by atoms with E-state index in [-0.39, 0.29) is 22.2 Å². The minimum atomic E-state index is -1.09. The van der Waals surface area contributed by atoms with Crippen LogP contribution in [0.3, 0.4) is 0 Å². The van der Waals surface area contributed by atoms with Gasteiger partial charge in [0.1, 0.15) is 11.8 Å². The second-order valence-electron chi connectivity index (χ2n) is 7.18. The number of hydrogen-bond donors (Lipinski definition) is 3. The van der Waals surface area contributed by atoms with E-state index in [1.165, 1.54) is 18.4 Å². The van der Waals surface area contributed by atoms with Crippen molar-refractivity contribution in [1.29, 1.82) is 0 Å². The molecule has 174 valence electrons. The number of anilines is 2. The zero-order chi connectivity index (χ0) is 24.8. The highest BCUT2D eigenvalue weighted by Gasteiger charge is 2.18. The average Bonchev–Trinajstić information content (AvgIpc) is 2.87. The van der Waals surface area contributed by atoms with E-state index in [1.807, 2.05) is 0 Å². The van der Waals surface area contributed by atoms with E-state index in [9.17, 15) is 19.2 Å². The minimum Gasteiger partial charge on any atom is -0.463 e. The largest absolute Gasteiger partial charge is 0.463 e. The second kappa shape index (κ2) is 10.6. The third-order valence-electron chi connectivity index (χ3n) is 4.80. The van der Waals surface area contributed by atoms with Crippen molar-refractivity contribution in [1.82, 2.24) is 5.43 Å². The van der Waals surface area contributed by atoms with E-state index in [2.05, 4.69) is 37.1 Å². The lowest BCUT2D eigenvalue weighted by Gasteiger charge is -2.11. The van der Waals surface area contributed by atoms with Crippen LogP contribution in [0.15, 0.2) is 97.8 Å². The molecule has 0 atom stereocenters. The van der Waals surface area contributed by atoms with Gasteiger partial charge >= 0.3 is 11.8 Å². The second-order valence-corrected chi connectivity index (χ2v) is 8.09. The number of para-hydroxylation sites is 2. The number of amides is 3. The van der Waals surface area contributed by atoms with Gasteiger partial charge in [-0.25, -0.2) is 5.43 Å². The Bertz CT molecular complexity index is 1510. The zero-order valence-electron chi connectivity index (χ0n) is 17.9. The van der Waals surface area contributed by atoms with Gasteiger partial charge in [0.2, 0.25) is 5.43 Å². The maximum absolute atomic E-state index is 12.7. The molecule has 4 rings (SSSR count). The fourth-order valence-electron chi connectivity index (χ4n) is 3.09. The van der Waals surface area contributed by atoms with Gasteiger partial charge in [-0.05, 0) is 48.5 Å². The van der Waals surface area contributed by atoms with Crippen molar-refractivity contribution < 1.29 is 18.8 Å². The summed E-state index contributed by atoms with van der Waals surface area (Å²) in [7, 11) is 0. The lowest BCUT2D eigenvalue weighted by Crippen LogP contribution is -2.33. The molecule has 3 amide bonds. The molecule has 3 N–H and O–H groups in total. The Labute approximate surface area is 207 Å². The fraction of sp³-hybridized carbons (Fsp3) is 0. The number of halogens is 1. The van der Waals surface area contributed by atoms with Crippen LogP contribution in [0.4, 0.5) is 11.4 Å². The Hall–Kier alpha value is -4.57. The van der Waals surface area contributed by atoms with Crippen LogP contribution in [0.2, 0.25) is 0 Å². The Kier molecular flexibility index (Phi) is 7.12. The van der Waals surface area contributed by atoms with Crippen LogP contribution in [0, 0.1) is 0 Å². The standard InChI is InChI=1S/C25H17BrN4O5/c26-16-9-11-17(12-10-16)28-23(32)18-5-1-3-7-20(18)29-24(33)25(34)30-27-13-15-14-35-21-8-4-2-6-19(21)22(15)31/h1-14H,(H,28,32)(H,29,33)(H,30,34)/b27-13+. The highest BCUT2D eigenvalue weighted by atomic mass is 79.9. The maximum Gasteiger partial charge on any atom is 0.329 e. The number of carbonyl (C=O) groups excluding carboxylic acids is 3. The number of nitrogens with one attached hydrogen (secondary N) is 3. The summed E-state index contributed by atoms with van der Waals surface area (Å²) >= 11 is 3.32. The van der Waals surface area contributed by atoms with Crippen molar-refractivity contribution in [3.05, 3.63) is 105 Å². The molecule has 9 nitrogen and oxygen atoms in total. The summed E-state index contributed by atoms with van der Waals surface area (Å²) in [4.78, 5) is 49.7. The van der Waals surface area contributed by atoms with E-state index in [1.54, 1.807) is 60.7 Å². The number of fused-ring (bicyclic) bond motifs is 1. The molecule has 0 saturated heterocycles. The maximum atomic E-state index is 12.7. The molecule has 1 aromatic heterocycles. The molecule has 0 aliphatic carbocycles. The zero-order valence-corrected chi connectivity index (χ0v) is 19.5. The summed E-state index contributed by atoms with van der Waals surface area (Å²) in [5.74, 6) is -2.60. The van der Waals surface area contributed by atoms with Gasteiger partial charge in [0, 0.05) is 10.2 Å². The average molecular weight is 533 g/mol. The van der Waals surface area contributed by atoms with Crippen molar-refractivity contribution in [2.24, 2.45) is 5.10 Å². The summed E-state index contributed by atoms with van der Waals surface area (Å²) in [6, 6.07) is 19.9. The Balaban J connectivity index is 1.41. The van der Waals surface area contributed by atoms with Gasteiger partial charge in [-0.1, -0.05) is 40.2 Å². The highest BCUT2D eigenvalue weighted by molar-refractivity contribution is 9.10. The molecule has 0 aliphatic heterocycles. The van der Waals surface area contributed by atoms with Crippen LogP contribution in [-0.2, 0) is 9.59 Å². The lowest BCUT2D eigenvalue weighted by atomic mass is 10.1. The first-order valence-corrected chi connectivity index (χ1v) is 11.0. The van der Waals surface area contributed by atoms with E-state index in [0.717, 1.165) is 10.7 Å². The van der Waals surface area contributed by atoms with Crippen molar-refractivity contribution in [2.75, 3.05) is 10.6 Å². The molecule has 4 aromatic rings. The van der Waals surface area contributed by atoms with Crippen molar-refractivity contribution in [3.63, 3.8) is 0 Å². The van der Waals surface area contributed by atoms with Crippen LogP contribution in [0.25, 0.3) is 11.0 Å². The molecule has 0 radical (unpaired) electrons.